The highest BCUT2D eigenvalue weighted by molar-refractivity contribution is 9.11. The van der Waals surface area contributed by atoms with Gasteiger partial charge in [0.2, 0.25) is 0 Å². The van der Waals surface area contributed by atoms with E-state index in [1.54, 1.807) is 18.4 Å². The largest absolute Gasteiger partial charge is 0.496 e. The van der Waals surface area contributed by atoms with Gasteiger partial charge in [0.1, 0.15) is 5.75 Å². The van der Waals surface area contributed by atoms with Gasteiger partial charge in [-0.2, -0.15) is 0 Å². The zero-order chi connectivity index (χ0) is 14.7. The Kier molecular flexibility index (Phi) is 4.95. The topological polar surface area (TPSA) is 24.5 Å². The molecule has 112 valence electrons. The third-order valence-electron chi connectivity index (χ3n) is 3.81. The molecule has 1 saturated heterocycles. The third kappa shape index (κ3) is 3.31. The van der Waals surface area contributed by atoms with Crippen LogP contribution in [0.3, 0.4) is 0 Å². The zero-order valence-corrected chi connectivity index (χ0v) is 14.4. The van der Waals surface area contributed by atoms with E-state index >= 15 is 0 Å². The molecule has 1 N–H and O–H groups in total. The molecule has 1 fully saturated rings. The molecule has 3 rings (SSSR count). The summed E-state index contributed by atoms with van der Waals surface area (Å²) >= 11 is 5.39. The van der Waals surface area contributed by atoms with Gasteiger partial charge in [-0.3, -0.25) is 4.90 Å². The molecule has 1 atom stereocenters. The summed E-state index contributed by atoms with van der Waals surface area (Å²) in [5, 5.41) is 3.43. The van der Waals surface area contributed by atoms with E-state index in [0.717, 1.165) is 31.9 Å². The molecule has 0 bridgehead atoms. The molecule has 21 heavy (non-hydrogen) atoms. The van der Waals surface area contributed by atoms with Gasteiger partial charge in [0.25, 0.3) is 0 Å². The summed E-state index contributed by atoms with van der Waals surface area (Å²) in [5.74, 6) is 0.963. The summed E-state index contributed by atoms with van der Waals surface area (Å²) in [6, 6.07) is 13.0. The van der Waals surface area contributed by atoms with Crippen LogP contribution in [0.2, 0.25) is 0 Å². The number of benzene rings is 1. The van der Waals surface area contributed by atoms with Crippen molar-refractivity contribution in [3.63, 3.8) is 0 Å². The Balaban J connectivity index is 2.02. The minimum Gasteiger partial charge on any atom is -0.496 e. The maximum Gasteiger partial charge on any atom is 0.124 e. The first kappa shape index (κ1) is 15.0. The summed E-state index contributed by atoms with van der Waals surface area (Å²) in [6.45, 7) is 4.19. The molecule has 1 aliphatic heterocycles. The summed E-state index contributed by atoms with van der Waals surface area (Å²) in [7, 11) is 1.75. The van der Waals surface area contributed by atoms with Crippen molar-refractivity contribution < 1.29 is 4.74 Å². The Labute approximate surface area is 138 Å². The van der Waals surface area contributed by atoms with Crippen LogP contribution in [0.5, 0.6) is 5.75 Å². The van der Waals surface area contributed by atoms with Gasteiger partial charge < -0.3 is 10.1 Å². The van der Waals surface area contributed by atoms with Crippen LogP contribution in [-0.4, -0.2) is 38.2 Å². The van der Waals surface area contributed by atoms with Crippen LogP contribution in [0, 0.1) is 0 Å². The molecule has 0 spiro atoms. The Bertz CT molecular complexity index is 595. The number of nitrogens with zero attached hydrogens (tertiary/aromatic N) is 1. The Morgan fingerprint density at radius 2 is 1.95 bits per heavy atom. The van der Waals surface area contributed by atoms with Crippen molar-refractivity contribution in [2.45, 2.75) is 6.04 Å². The molecule has 2 aromatic rings. The predicted molar refractivity (Wildman–Crippen MR) is 91.3 cm³/mol. The second-order valence-electron chi connectivity index (χ2n) is 5.07. The summed E-state index contributed by atoms with van der Waals surface area (Å²) < 4.78 is 6.77. The number of rotatable bonds is 4. The average molecular weight is 367 g/mol. The number of piperazine rings is 1. The number of hydrogen-bond donors (Lipinski definition) is 1. The molecule has 2 heterocycles. The van der Waals surface area contributed by atoms with Crippen molar-refractivity contribution in [1.82, 2.24) is 10.2 Å². The van der Waals surface area contributed by atoms with Gasteiger partial charge in [0, 0.05) is 36.6 Å². The normalized spacial score (nSPS) is 17.6. The van der Waals surface area contributed by atoms with E-state index in [4.69, 9.17) is 4.74 Å². The first-order chi connectivity index (χ1) is 10.3. The highest BCUT2D eigenvalue weighted by atomic mass is 79.9. The zero-order valence-electron chi connectivity index (χ0n) is 12.0. The van der Waals surface area contributed by atoms with Crippen molar-refractivity contribution in [1.29, 1.82) is 0 Å². The standard InChI is InChI=1S/C16H19BrN2OS/c1-20-13-5-3-2-4-12(13)16(14-6-7-15(17)21-14)19-10-8-18-9-11-19/h2-7,16,18H,8-11H2,1H3. The lowest BCUT2D eigenvalue weighted by Crippen LogP contribution is -2.45. The lowest BCUT2D eigenvalue weighted by atomic mass is 10.0. The fraction of sp³-hybridized carbons (Fsp3) is 0.375. The maximum atomic E-state index is 5.60. The fourth-order valence-electron chi connectivity index (χ4n) is 2.84. The lowest BCUT2D eigenvalue weighted by Gasteiger charge is -2.35. The third-order valence-corrected chi connectivity index (χ3v) is 5.49. The molecule has 0 aliphatic carbocycles. The second-order valence-corrected chi connectivity index (χ2v) is 7.57. The van der Waals surface area contributed by atoms with Crippen molar-refractivity contribution in [2.24, 2.45) is 0 Å². The van der Waals surface area contributed by atoms with Crippen molar-refractivity contribution in [3.05, 3.63) is 50.6 Å². The molecule has 0 amide bonds. The average Bonchev–Trinajstić information content (AvgIpc) is 2.95. The number of para-hydroxylation sites is 1. The molecule has 1 aliphatic rings. The van der Waals surface area contributed by atoms with E-state index in [1.807, 2.05) is 12.1 Å². The van der Waals surface area contributed by atoms with Crippen molar-refractivity contribution in [3.8, 4) is 5.75 Å². The van der Waals surface area contributed by atoms with E-state index in [0.29, 0.717) is 0 Å². The molecule has 0 radical (unpaired) electrons. The quantitative estimate of drug-likeness (QED) is 0.895. The van der Waals surface area contributed by atoms with Crippen LogP contribution in [0.15, 0.2) is 40.2 Å². The second kappa shape index (κ2) is 6.92. The first-order valence-electron chi connectivity index (χ1n) is 7.12. The van der Waals surface area contributed by atoms with Gasteiger partial charge in [-0.1, -0.05) is 18.2 Å². The van der Waals surface area contributed by atoms with Gasteiger partial charge in [0.15, 0.2) is 0 Å². The van der Waals surface area contributed by atoms with Gasteiger partial charge in [0.05, 0.1) is 16.9 Å². The van der Waals surface area contributed by atoms with Gasteiger partial charge in [-0.25, -0.2) is 0 Å². The number of hydrogen-bond acceptors (Lipinski definition) is 4. The molecule has 5 heteroatoms. The number of methoxy groups -OCH3 is 1. The highest BCUT2D eigenvalue weighted by Gasteiger charge is 2.27. The highest BCUT2D eigenvalue weighted by Crippen LogP contribution is 2.39. The molecular formula is C16H19BrN2OS. The summed E-state index contributed by atoms with van der Waals surface area (Å²) in [4.78, 5) is 3.89. The smallest absolute Gasteiger partial charge is 0.124 e. The Morgan fingerprint density at radius 3 is 2.62 bits per heavy atom. The number of nitrogens with one attached hydrogen (secondary N) is 1. The maximum absolute atomic E-state index is 5.60. The molecule has 1 aromatic heterocycles. The predicted octanol–water partition coefficient (Wildman–Crippen LogP) is 3.51. The van der Waals surface area contributed by atoms with E-state index in [1.165, 1.54) is 14.2 Å². The summed E-state index contributed by atoms with van der Waals surface area (Å²) in [5.41, 5.74) is 1.25. The first-order valence-corrected chi connectivity index (χ1v) is 8.73. The Morgan fingerprint density at radius 1 is 1.19 bits per heavy atom. The van der Waals surface area contributed by atoms with Crippen LogP contribution in [0.25, 0.3) is 0 Å². The van der Waals surface area contributed by atoms with E-state index < -0.39 is 0 Å². The SMILES string of the molecule is COc1ccccc1C(c1ccc(Br)s1)N1CCNCC1. The fourth-order valence-corrected chi connectivity index (χ4v) is 4.42. The van der Waals surface area contributed by atoms with Crippen LogP contribution < -0.4 is 10.1 Å². The molecule has 0 saturated carbocycles. The number of halogens is 1. The lowest BCUT2D eigenvalue weighted by molar-refractivity contribution is 0.197. The molecule has 3 nitrogen and oxygen atoms in total. The van der Waals surface area contributed by atoms with E-state index in [2.05, 4.69) is 50.4 Å². The number of thiophene rings is 1. The monoisotopic (exact) mass is 366 g/mol. The van der Waals surface area contributed by atoms with Crippen LogP contribution in [0.4, 0.5) is 0 Å². The minimum atomic E-state index is 0.263. The molecule has 1 unspecified atom stereocenters. The van der Waals surface area contributed by atoms with Crippen LogP contribution in [0.1, 0.15) is 16.5 Å². The number of ether oxygens (including phenoxy) is 1. The van der Waals surface area contributed by atoms with Crippen LogP contribution in [-0.2, 0) is 0 Å². The van der Waals surface area contributed by atoms with Crippen molar-refractivity contribution >= 4 is 27.3 Å². The van der Waals surface area contributed by atoms with Crippen molar-refractivity contribution in [2.75, 3.05) is 33.3 Å². The molecular weight excluding hydrogens is 348 g/mol. The summed E-state index contributed by atoms with van der Waals surface area (Å²) in [6.07, 6.45) is 0. The van der Waals surface area contributed by atoms with E-state index in [9.17, 15) is 0 Å². The van der Waals surface area contributed by atoms with E-state index in [-0.39, 0.29) is 6.04 Å². The minimum absolute atomic E-state index is 0.263. The van der Waals surface area contributed by atoms with Gasteiger partial charge >= 0.3 is 0 Å². The van der Waals surface area contributed by atoms with Gasteiger partial charge in [-0.15, -0.1) is 11.3 Å². The van der Waals surface area contributed by atoms with Gasteiger partial charge in [-0.05, 0) is 34.1 Å². The Hall–Kier alpha value is -0.880. The van der Waals surface area contributed by atoms with Crippen LogP contribution >= 0.6 is 27.3 Å². The molecule has 1 aromatic carbocycles.